The maximum atomic E-state index is 11.8. The minimum absolute atomic E-state index is 0.309. The van der Waals surface area contributed by atoms with E-state index in [1.165, 1.54) is 24.0 Å². The largest absolute Gasteiger partial charge is 0.462 e. The molecule has 0 atom stereocenters. The lowest BCUT2D eigenvalue weighted by Crippen LogP contribution is -2.15. The highest BCUT2D eigenvalue weighted by molar-refractivity contribution is 7.19. The molecule has 0 amide bonds. The van der Waals surface area contributed by atoms with Gasteiger partial charge in [-0.1, -0.05) is 22.7 Å². The summed E-state index contributed by atoms with van der Waals surface area (Å²) in [6.07, 6.45) is 3.95. The highest BCUT2D eigenvalue weighted by Crippen LogP contribution is 2.35. The van der Waals surface area contributed by atoms with Crippen LogP contribution in [0.4, 0.5) is 37.9 Å². The second-order valence-electron chi connectivity index (χ2n) is 9.08. The Balaban J connectivity index is 1.20. The highest BCUT2D eigenvalue weighted by Gasteiger charge is 2.14. The Morgan fingerprint density at radius 1 is 0.850 bits per heavy atom. The van der Waals surface area contributed by atoms with Crippen molar-refractivity contribution >= 4 is 66.5 Å². The van der Waals surface area contributed by atoms with Crippen molar-refractivity contribution in [1.82, 2.24) is 4.98 Å². The van der Waals surface area contributed by atoms with E-state index in [2.05, 4.69) is 46.6 Å². The molecule has 0 aliphatic carbocycles. The van der Waals surface area contributed by atoms with Gasteiger partial charge in [0.1, 0.15) is 9.88 Å². The first-order chi connectivity index (χ1) is 19.5. The Hall–Kier alpha value is -4.16. The van der Waals surface area contributed by atoms with Gasteiger partial charge >= 0.3 is 5.97 Å². The summed E-state index contributed by atoms with van der Waals surface area (Å²) in [6, 6.07) is 15.4. The van der Waals surface area contributed by atoms with E-state index >= 15 is 0 Å². The van der Waals surface area contributed by atoms with Gasteiger partial charge in [0, 0.05) is 13.1 Å². The molecule has 2 aromatic carbocycles. The van der Waals surface area contributed by atoms with Gasteiger partial charge in [-0.2, -0.15) is 10.2 Å². The van der Waals surface area contributed by atoms with Crippen LogP contribution < -0.4 is 4.90 Å². The molecule has 5 rings (SSSR count). The molecule has 3 heterocycles. The van der Waals surface area contributed by atoms with Gasteiger partial charge in [-0.3, -0.25) is 0 Å². The highest BCUT2D eigenvalue weighted by atomic mass is 32.1. The Morgan fingerprint density at radius 3 is 2.15 bits per heavy atom. The minimum atomic E-state index is -0.411. The molecule has 4 aromatic rings. The Labute approximate surface area is 240 Å². The van der Waals surface area contributed by atoms with Crippen LogP contribution in [0.3, 0.4) is 0 Å². The van der Waals surface area contributed by atoms with Crippen molar-refractivity contribution in [2.45, 2.75) is 33.6 Å². The third-order valence-electron chi connectivity index (χ3n) is 6.11. The second-order valence-corrected chi connectivity index (χ2v) is 11.1. The molecule has 12 heteroatoms. The molecule has 1 aliphatic heterocycles. The SMILES string of the molecule is CCOC(=O)c1cnc(/N=N/c2ccc(/N=N/c3ccc(/N=N/c4ccc(N5CCCC5)s4)cc3C)cc2C)s1. The summed E-state index contributed by atoms with van der Waals surface area (Å²) in [5, 5.41) is 28.6. The summed E-state index contributed by atoms with van der Waals surface area (Å²) in [5.41, 5.74) is 4.75. The lowest BCUT2D eigenvalue weighted by atomic mass is 10.2. The fourth-order valence-corrected chi connectivity index (χ4v) is 5.54. The summed E-state index contributed by atoms with van der Waals surface area (Å²) in [7, 11) is 0. The standard InChI is InChI=1S/C28H28N8O2S2/c1-4-38-27(37)24-17-29-28(39-24)35-33-23-10-7-20(15-19(23)3)30-32-22-9-8-21(16-18(22)2)31-34-25-11-12-26(40-25)36-13-5-6-14-36/h7-12,15-17H,4-6,13-14H2,1-3H3/b32-30+,34-31+,35-33+. The van der Waals surface area contributed by atoms with E-state index in [1.807, 2.05) is 56.3 Å². The molecule has 1 aliphatic rings. The van der Waals surface area contributed by atoms with Crippen LogP contribution in [0.2, 0.25) is 0 Å². The van der Waals surface area contributed by atoms with E-state index in [-0.39, 0.29) is 0 Å². The lowest BCUT2D eigenvalue weighted by Gasteiger charge is -2.13. The van der Waals surface area contributed by atoms with E-state index in [4.69, 9.17) is 4.74 Å². The number of carbonyl (C=O) groups excluding carboxylic acids is 1. The van der Waals surface area contributed by atoms with Crippen molar-refractivity contribution in [3.63, 3.8) is 0 Å². The van der Waals surface area contributed by atoms with Crippen LogP contribution in [0.1, 0.15) is 40.6 Å². The average molecular weight is 573 g/mol. The number of azo groups is 3. The third kappa shape index (κ3) is 6.88. The van der Waals surface area contributed by atoms with Crippen molar-refractivity contribution in [2.24, 2.45) is 30.7 Å². The van der Waals surface area contributed by atoms with Crippen LogP contribution in [-0.2, 0) is 4.74 Å². The zero-order valence-corrected chi connectivity index (χ0v) is 24.1. The Morgan fingerprint density at radius 2 is 1.50 bits per heavy atom. The molecule has 0 bridgehead atoms. The van der Waals surface area contributed by atoms with Crippen LogP contribution in [0.15, 0.2) is 85.4 Å². The minimum Gasteiger partial charge on any atom is -0.462 e. The van der Waals surface area contributed by atoms with Crippen molar-refractivity contribution in [3.05, 3.63) is 70.7 Å². The number of anilines is 1. The number of thiophene rings is 1. The number of esters is 1. The van der Waals surface area contributed by atoms with Gasteiger partial charge in [0.15, 0.2) is 0 Å². The summed E-state index contributed by atoms with van der Waals surface area (Å²) < 4.78 is 4.98. The number of rotatable bonds is 9. The van der Waals surface area contributed by atoms with Gasteiger partial charge in [-0.05, 0) is 93.3 Å². The molecule has 0 unspecified atom stereocenters. The van der Waals surface area contributed by atoms with Gasteiger partial charge in [-0.15, -0.1) is 20.5 Å². The van der Waals surface area contributed by atoms with Gasteiger partial charge in [0.05, 0.1) is 40.6 Å². The molecular weight excluding hydrogens is 544 g/mol. The number of aryl methyl sites for hydroxylation is 2. The van der Waals surface area contributed by atoms with Crippen molar-refractivity contribution < 1.29 is 9.53 Å². The first-order valence-electron chi connectivity index (χ1n) is 12.9. The molecule has 204 valence electrons. The van der Waals surface area contributed by atoms with Crippen molar-refractivity contribution in [2.75, 3.05) is 24.6 Å². The average Bonchev–Trinajstić information content (AvgIpc) is 3.73. The number of hydrogen-bond acceptors (Lipinski definition) is 12. The van der Waals surface area contributed by atoms with Gasteiger partial charge in [0.25, 0.3) is 0 Å². The molecule has 0 saturated carbocycles. The Kier molecular flexibility index (Phi) is 8.77. The third-order valence-corrected chi connectivity index (χ3v) is 8.00. The molecule has 10 nitrogen and oxygen atoms in total. The van der Waals surface area contributed by atoms with E-state index in [0.717, 1.165) is 51.9 Å². The normalized spacial score (nSPS) is 13.8. The maximum Gasteiger partial charge on any atom is 0.350 e. The fraction of sp³-hybridized carbons (Fsp3) is 0.286. The van der Waals surface area contributed by atoms with Crippen LogP contribution >= 0.6 is 22.7 Å². The predicted octanol–water partition coefficient (Wildman–Crippen LogP) is 9.84. The van der Waals surface area contributed by atoms with E-state index < -0.39 is 5.97 Å². The summed E-state index contributed by atoms with van der Waals surface area (Å²) in [4.78, 5) is 18.7. The van der Waals surface area contributed by atoms with Crippen molar-refractivity contribution in [1.29, 1.82) is 0 Å². The van der Waals surface area contributed by atoms with E-state index in [0.29, 0.717) is 28.0 Å². The molecule has 0 spiro atoms. The molecular formula is C28H28N8O2S2. The van der Waals surface area contributed by atoms with Gasteiger partial charge in [0.2, 0.25) is 5.13 Å². The van der Waals surface area contributed by atoms with Crippen LogP contribution in [-0.4, -0.2) is 30.6 Å². The Bertz CT molecular complexity index is 1580. The summed E-state index contributed by atoms with van der Waals surface area (Å²) in [5.74, 6) is -0.411. The van der Waals surface area contributed by atoms with Gasteiger partial charge in [-0.25, -0.2) is 9.78 Å². The molecule has 1 fully saturated rings. The quantitative estimate of drug-likeness (QED) is 0.146. The predicted molar refractivity (Wildman–Crippen MR) is 159 cm³/mol. The smallest absolute Gasteiger partial charge is 0.350 e. The number of hydrogen-bond donors (Lipinski definition) is 0. The number of nitrogens with zero attached hydrogens (tertiary/aromatic N) is 8. The monoisotopic (exact) mass is 572 g/mol. The van der Waals surface area contributed by atoms with E-state index in [1.54, 1.807) is 18.3 Å². The van der Waals surface area contributed by atoms with Crippen LogP contribution in [0.5, 0.6) is 0 Å². The second kappa shape index (κ2) is 12.8. The number of aromatic nitrogens is 1. The first kappa shape index (κ1) is 27.4. The summed E-state index contributed by atoms with van der Waals surface area (Å²) in [6.45, 7) is 8.21. The number of benzene rings is 2. The molecule has 2 aromatic heterocycles. The number of carbonyl (C=O) groups is 1. The van der Waals surface area contributed by atoms with E-state index in [9.17, 15) is 4.79 Å². The van der Waals surface area contributed by atoms with Crippen molar-refractivity contribution in [3.8, 4) is 0 Å². The van der Waals surface area contributed by atoms with Crippen LogP contribution in [0, 0.1) is 13.8 Å². The number of thiazole rings is 1. The van der Waals surface area contributed by atoms with Gasteiger partial charge < -0.3 is 9.64 Å². The summed E-state index contributed by atoms with van der Waals surface area (Å²) >= 11 is 2.80. The van der Waals surface area contributed by atoms with Crippen LogP contribution in [0.25, 0.3) is 0 Å². The molecule has 1 saturated heterocycles. The zero-order chi connectivity index (χ0) is 27.9. The maximum absolute atomic E-state index is 11.8. The first-order valence-corrected chi connectivity index (χ1v) is 14.6. The zero-order valence-electron chi connectivity index (χ0n) is 22.4. The topological polar surface area (TPSA) is 117 Å². The number of ether oxygens (including phenoxy) is 1. The molecule has 40 heavy (non-hydrogen) atoms. The lowest BCUT2D eigenvalue weighted by molar-refractivity contribution is 0.0532. The fourth-order valence-electron chi connectivity index (χ4n) is 4.03. The molecule has 0 N–H and O–H groups in total. The molecule has 0 radical (unpaired) electrons.